The number of nitrogens with zero attached hydrogens (tertiary/aromatic N) is 4. The lowest BCUT2D eigenvalue weighted by molar-refractivity contribution is -0.136. The van der Waals surface area contributed by atoms with Crippen LogP contribution in [0.15, 0.2) is 18.3 Å². The summed E-state index contributed by atoms with van der Waals surface area (Å²) in [6, 6.07) is 4.05. The van der Waals surface area contributed by atoms with Crippen LogP contribution in [0.1, 0.15) is 43.9 Å². The van der Waals surface area contributed by atoms with Crippen LogP contribution < -0.4 is 0 Å². The van der Waals surface area contributed by atoms with Gasteiger partial charge in [-0.15, -0.1) is 0 Å². The molecular formula is C20H30N4O2. The number of carbonyl (C=O) groups is 2. The van der Waals surface area contributed by atoms with E-state index < -0.39 is 0 Å². The Kier molecular flexibility index (Phi) is 6.25. The van der Waals surface area contributed by atoms with Crippen LogP contribution in [0.3, 0.4) is 0 Å². The molecule has 0 radical (unpaired) electrons. The standard InChI is InChI=1S/C20H30N4O2/c1-3-23(4-2)18(25)15-22-11-13-24(14-12-22)20(26)17-9-5-7-16-8-6-10-21-19(16)17/h6,8,10,17H,3-5,7,9,11-15H2,1-2H3. The molecule has 6 heteroatoms. The quantitative estimate of drug-likeness (QED) is 0.801. The van der Waals surface area contributed by atoms with Gasteiger partial charge in [-0.2, -0.15) is 0 Å². The third-order valence-corrected chi connectivity index (χ3v) is 5.65. The van der Waals surface area contributed by atoms with Crippen LogP contribution in [0, 0.1) is 0 Å². The fraction of sp³-hybridized carbons (Fsp3) is 0.650. The molecule has 0 aromatic carbocycles. The van der Waals surface area contributed by atoms with Crippen molar-refractivity contribution in [1.29, 1.82) is 0 Å². The van der Waals surface area contributed by atoms with Gasteiger partial charge in [0.25, 0.3) is 0 Å². The molecule has 1 unspecified atom stereocenters. The van der Waals surface area contributed by atoms with E-state index in [9.17, 15) is 9.59 Å². The first-order chi connectivity index (χ1) is 12.6. The Morgan fingerprint density at radius 3 is 2.62 bits per heavy atom. The van der Waals surface area contributed by atoms with E-state index in [2.05, 4.69) is 16.0 Å². The van der Waals surface area contributed by atoms with Crippen molar-refractivity contribution in [3.63, 3.8) is 0 Å². The highest BCUT2D eigenvalue weighted by atomic mass is 16.2. The maximum absolute atomic E-state index is 13.0. The van der Waals surface area contributed by atoms with Crippen molar-refractivity contribution in [1.82, 2.24) is 19.7 Å². The summed E-state index contributed by atoms with van der Waals surface area (Å²) in [5.41, 5.74) is 2.20. The Morgan fingerprint density at radius 1 is 1.19 bits per heavy atom. The summed E-state index contributed by atoms with van der Waals surface area (Å²) in [4.78, 5) is 35.8. The lowest BCUT2D eigenvalue weighted by atomic mass is 9.85. The van der Waals surface area contributed by atoms with Gasteiger partial charge in [-0.3, -0.25) is 19.5 Å². The Morgan fingerprint density at radius 2 is 1.92 bits per heavy atom. The second-order valence-corrected chi connectivity index (χ2v) is 7.16. The number of aryl methyl sites for hydroxylation is 1. The van der Waals surface area contributed by atoms with Crippen molar-refractivity contribution in [2.45, 2.75) is 39.0 Å². The van der Waals surface area contributed by atoms with Crippen molar-refractivity contribution in [3.05, 3.63) is 29.6 Å². The maximum Gasteiger partial charge on any atom is 0.236 e. The molecule has 0 N–H and O–H groups in total. The zero-order chi connectivity index (χ0) is 18.5. The minimum atomic E-state index is -0.0937. The normalized spacial score (nSPS) is 20.5. The summed E-state index contributed by atoms with van der Waals surface area (Å²) in [7, 11) is 0. The second-order valence-electron chi connectivity index (χ2n) is 7.16. The summed E-state index contributed by atoms with van der Waals surface area (Å²) in [6.45, 7) is 8.90. The largest absolute Gasteiger partial charge is 0.342 e. The molecule has 0 bridgehead atoms. The molecule has 3 rings (SSSR count). The second kappa shape index (κ2) is 8.62. The monoisotopic (exact) mass is 358 g/mol. The van der Waals surface area contributed by atoms with Crippen molar-refractivity contribution in [2.75, 3.05) is 45.8 Å². The molecule has 1 saturated heterocycles. The van der Waals surface area contributed by atoms with E-state index in [1.165, 1.54) is 5.56 Å². The van der Waals surface area contributed by atoms with Gasteiger partial charge in [0, 0.05) is 45.5 Å². The van der Waals surface area contributed by atoms with Crippen molar-refractivity contribution >= 4 is 11.8 Å². The molecule has 26 heavy (non-hydrogen) atoms. The molecule has 2 aliphatic rings. The molecule has 1 aliphatic carbocycles. The van der Waals surface area contributed by atoms with Crippen LogP contribution in [0.5, 0.6) is 0 Å². The van der Waals surface area contributed by atoms with E-state index in [-0.39, 0.29) is 17.7 Å². The highest BCUT2D eigenvalue weighted by Gasteiger charge is 2.32. The van der Waals surface area contributed by atoms with Gasteiger partial charge in [0.1, 0.15) is 0 Å². The van der Waals surface area contributed by atoms with E-state index >= 15 is 0 Å². The predicted molar refractivity (Wildman–Crippen MR) is 101 cm³/mol. The number of likely N-dealkylation sites (N-methyl/N-ethyl adjacent to an activating group) is 1. The molecular weight excluding hydrogens is 328 g/mol. The number of hydrogen-bond donors (Lipinski definition) is 0. The van der Waals surface area contributed by atoms with Crippen molar-refractivity contribution in [3.8, 4) is 0 Å². The molecule has 1 aromatic rings. The minimum absolute atomic E-state index is 0.0937. The van der Waals surface area contributed by atoms with Crippen molar-refractivity contribution in [2.24, 2.45) is 0 Å². The van der Waals surface area contributed by atoms with E-state index in [0.717, 1.165) is 51.1 Å². The molecule has 2 heterocycles. The molecule has 142 valence electrons. The maximum atomic E-state index is 13.0. The minimum Gasteiger partial charge on any atom is -0.342 e. The fourth-order valence-electron chi connectivity index (χ4n) is 4.06. The third kappa shape index (κ3) is 4.06. The molecule has 6 nitrogen and oxygen atoms in total. The molecule has 1 aromatic heterocycles. The lowest BCUT2D eigenvalue weighted by Gasteiger charge is -2.37. The third-order valence-electron chi connectivity index (χ3n) is 5.65. The highest BCUT2D eigenvalue weighted by molar-refractivity contribution is 5.84. The Hall–Kier alpha value is -1.95. The first-order valence-corrected chi connectivity index (χ1v) is 9.86. The molecule has 1 atom stereocenters. The van der Waals surface area contributed by atoms with Gasteiger partial charge in [-0.25, -0.2) is 0 Å². The van der Waals surface area contributed by atoms with Crippen LogP contribution in [-0.4, -0.2) is 77.3 Å². The van der Waals surface area contributed by atoms with Gasteiger partial charge in [0.15, 0.2) is 0 Å². The molecule has 2 amide bonds. The van der Waals surface area contributed by atoms with E-state index in [4.69, 9.17) is 0 Å². The average Bonchev–Trinajstić information content (AvgIpc) is 2.68. The number of amides is 2. The summed E-state index contributed by atoms with van der Waals surface area (Å²) in [6.07, 6.45) is 4.76. The lowest BCUT2D eigenvalue weighted by Crippen LogP contribution is -2.52. The predicted octanol–water partition coefficient (Wildman–Crippen LogP) is 1.51. The van der Waals surface area contributed by atoms with Crippen LogP contribution in [0.2, 0.25) is 0 Å². The van der Waals surface area contributed by atoms with Crippen LogP contribution in [0.4, 0.5) is 0 Å². The Balaban J connectivity index is 1.55. The number of pyridine rings is 1. The van der Waals surface area contributed by atoms with Crippen LogP contribution >= 0.6 is 0 Å². The first kappa shape index (κ1) is 18.8. The van der Waals surface area contributed by atoms with E-state index in [1.807, 2.05) is 29.7 Å². The topological polar surface area (TPSA) is 56.8 Å². The van der Waals surface area contributed by atoms with Gasteiger partial charge in [0.05, 0.1) is 18.2 Å². The average molecular weight is 358 g/mol. The SMILES string of the molecule is CCN(CC)C(=O)CN1CCN(C(=O)C2CCCc3cccnc32)CC1. The molecule has 0 spiro atoms. The smallest absolute Gasteiger partial charge is 0.236 e. The van der Waals surface area contributed by atoms with E-state index in [0.29, 0.717) is 19.6 Å². The van der Waals surface area contributed by atoms with Crippen LogP contribution in [-0.2, 0) is 16.0 Å². The van der Waals surface area contributed by atoms with Crippen molar-refractivity contribution < 1.29 is 9.59 Å². The van der Waals surface area contributed by atoms with E-state index in [1.54, 1.807) is 6.20 Å². The molecule has 0 saturated carbocycles. The highest BCUT2D eigenvalue weighted by Crippen LogP contribution is 2.31. The number of piperazine rings is 1. The zero-order valence-corrected chi connectivity index (χ0v) is 16.0. The summed E-state index contributed by atoms with van der Waals surface area (Å²) >= 11 is 0. The van der Waals surface area contributed by atoms with Gasteiger partial charge in [-0.05, 0) is 44.7 Å². The zero-order valence-electron chi connectivity index (χ0n) is 16.0. The molecule has 1 aliphatic heterocycles. The first-order valence-electron chi connectivity index (χ1n) is 9.86. The van der Waals surface area contributed by atoms with Crippen LogP contribution in [0.25, 0.3) is 0 Å². The summed E-state index contributed by atoms with van der Waals surface area (Å²) in [5.74, 6) is 0.295. The summed E-state index contributed by atoms with van der Waals surface area (Å²) < 4.78 is 0. The van der Waals surface area contributed by atoms with Gasteiger partial charge < -0.3 is 9.80 Å². The van der Waals surface area contributed by atoms with Gasteiger partial charge in [-0.1, -0.05) is 6.07 Å². The summed E-state index contributed by atoms with van der Waals surface area (Å²) in [5, 5.41) is 0. The Bertz CT molecular complexity index is 636. The number of carbonyl (C=O) groups excluding carboxylic acids is 2. The number of rotatable bonds is 5. The number of fused-ring (bicyclic) bond motifs is 1. The fourth-order valence-corrected chi connectivity index (χ4v) is 4.06. The molecule has 1 fully saturated rings. The van der Waals surface area contributed by atoms with Gasteiger partial charge in [0.2, 0.25) is 11.8 Å². The van der Waals surface area contributed by atoms with Gasteiger partial charge >= 0.3 is 0 Å². The number of aromatic nitrogens is 1. The Labute approximate surface area is 156 Å². The number of hydrogen-bond acceptors (Lipinski definition) is 4.